The van der Waals surface area contributed by atoms with Gasteiger partial charge in [-0.25, -0.2) is 0 Å². The molecule has 0 fully saturated rings. The molecule has 0 heterocycles. The molecule has 0 aromatic rings. The quantitative estimate of drug-likeness (QED) is 0.173. The fraction of sp³-hybridized carbons (Fsp3) is 1.00. The predicted octanol–water partition coefficient (Wildman–Crippen LogP) is -2.06. The molecule has 0 N–H and O–H groups in total. The number of hydrogen-bond acceptors (Lipinski definition) is 4. The van der Waals surface area contributed by atoms with E-state index in [0.717, 1.165) is 0 Å². The average molecular weight is 362 g/mol. The largest absolute Gasteiger partial charge is 1.00 e. The topological polar surface area (TPSA) is 80.3 Å². The van der Waals surface area contributed by atoms with E-state index in [1.807, 2.05) is 0 Å². The van der Waals surface area contributed by atoms with Crippen LogP contribution in [0.25, 0.3) is 0 Å². The molecule has 0 saturated carbocycles. The van der Waals surface area contributed by atoms with E-state index in [-0.39, 0.29) is 59.1 Å². The van der Waals surface area contributed by atoms with Gasteiger partial charge in [-0.3, -0.25) is 8.42 Å². The van der Waals surface area contributed by atoms with Crippen LogP contribution < -0.4 is 59.1 Å². The van der Waals surface area contributed by atoms with Crippen molar-refractivity contribution in [2.24, 2.45) is 0 Å². The van der Waals surface area contributed by atoms with Crippen LogP contribution in [0.3, 0.4) is 0 Å². The first kappa shape index (κ1) is 32.5. The summed E-state index contributed by atoms with van der Waals surface area (Å²) in [4.78, 5) is 0. The van der Waals surface area contributed by atoms with Crippen LogP contribution in [-0.4, -0.2) is 45.5 Å². The minimum atomic E-state index is -5.17. The Morgan fingerprint density at radius 1 is 0.682 bits per heavy atom. The molecule has 0 bridgehead atoms. The van der Waals surface area contributed by atoms with Crippen molar-refractivity contribution < 1.29 is 76.6 Å². The molecule has 0 rings (SSSR count). The molecule has 0 aromatic heterocycles. The zero-order valence-corrected chi connectivity index (χ0v) is 22.1. The summed E-state index contributed by atoms with van der Waals surface area (Å²) in [6.45, 7) is 2.29. The van der Waals surface area contributed by atoms with Gasteiger partial charge in [-0.1, -0.05) is 13.3 Å². The summed E-state index contributed by atoms with van der Waals surface area (Å²) < 4.78 is 35.6. The molecule has 0 aliphatic carbocycles. The first-order valence-electron chi connectivity index (χ1n) is 8.08. The Morgan fingerprint density at radius 3 is 1.14 bits per heavy atom. The van der Waals surface area contributed by atoms with Gasteiger partial charge < -0.3 is 9.11 Å². The second-order valence-electron chi connectivity index (χ2n) is 5.30. The number of hydrogen-bond donors (Lipinski definition) is 0. The van der Waals surface area contributed by atoms with Crippen LogP contribution in [-0.2, 0) is 10.4 Å². The standard InChI is InChI=1S/C14H29.3Na.H2O4S/c1-3-5-7-9-11-13-14-12-10-8-6-4-2;;;;1-5(2,3)4/h1,3-14H2,2H3;;;;(H2,1,2,3,4)/q;;2*+1;/p-2. The van der Waals surface area contributed by atoms with E-state index < -0.39 is 10.4 Å². The molecule has 0 aliphatic rings. The van der Waals surface area contributed by atoms with Crippen molar-refractivity contribution in [3.8, 4) is 0 Å². The van der Waals surface area contributed by atoms with Crippen molar-refractivity contribution in [3.63, 3.8) is 0 Å². The van der Waals surface area contributed by atoms with Gasteiger partial charge >= 0.3 is 161 Å². The van der Waals surface area contributed by atoms with E-state index in [2.05, 4.69) is 6.92 Å². The Labute approximate surface area is 199 Å². The fourth-order valence-electron chi connectivity index (χ4n) is 2.09. The third kappa shape index (κ3) is 49.5. The molecule has 0 saturated heterocycles. The van der Waals surface area contributed by atoms with Crippen LogP contribution in [0.15, 0.2) is 0 Å². The molecule has 0 spiro atoms. The van der Waals surface area contributed by atoms with Crippen molar-refractivity contribution in [1.82, 2.24) is 0 Å². The van der Waals surface area contributed by atoms with E-state index in [0.29, 0.717) is 0 Å². The van der Waals surface area contributed by atoms with Crippen LogP contribution in [0, 0.1) is 0 Å². The summed E-state index contributed by atoms with van der Waals surface area (Å²) in [5, 5.41) is 0. The molecule has 0 unspecified atom stereocenters. The summed E-state index contributed by atoms with van der Waals surface area (Å²) in [7, 11) is -5.17. The van der Waals surface area contributed by atoms with Gasteiger partial charge in [-0.05, 0) is 0 Å². The molecule has 22 heavy (non-hydrogen) atoms. The van der Waals surface area contributed by atoms with E-state index >= 15 is 0 Å². The minimum absolute atomic E-state index is 0. The summed E-state index contributed by atoms with van der Waals surface area (Å²) in [5.74, 6) is 0. The predicted molar refractivity (Wildman–Crippen MR) is 82.1 cm³/mol. The second kappa shape index (κ2) is 26.1. The van der Waals surface area contributed by atoms with Crippen molar-refractivity contribution in [3.05, 3.63) is 0 Å². The van der Waals surface area contributed by atoms with Gasteiger partial charge in [0.05, 0.1) is 0 Å². The van der Waals surface area contributed by atoms with Crippen molar-refractivity contribution in [2.75, 3.05) is 0 Å². The molecule has 0 atom stereocenters. The zero-order chi connectivity index (χ0) is 15.7. The Balaban J connectivity index is -0.000000201. The van der Waals surface area contributed by atoms with Gasteiger partial charge in [0.2, 0.25) is 0 Å². The SMILES string of the molecule is CCCCCCCCCCCCC[CH2][Na].O=S(=O)([O-])[O-].[Na+].[Na+]. The molecular weight excluding hydrogens is 333 g/mol. The molecule has 8 heteroatoms. The Bertz CT molecular complexity index is 255. The van der Waals surface area contributed by atoms with Crippen LogP contribution in [0.2, 0.25) is 3.67 Å². The maximum atomic E-state index is 8.52. The van der Waals surface area contributed by atoms with E-state index in [9.17, 15) is 0 Å². The van der Waals surface area contributed by atoms with E-state index in [1.54, 1.807) is 0 Å². The maximum Gasteiger partial charge on any atom is 1.00 e. The average Bonchev–Trinajstić information content (AvgIpc) is 2.34. The molecule has 0 amide bonds. The Hall–Kier alpha value is 2.87. The molecule has 118 valence electrons. The molecule has 0 aliphatic heterocycles. The summed E-state index contributed by atoms with van der Waals surface area (Å²) >= 11 is 1.41. The Morgan fingerprint density at radius 2 is 0.909 bits per heavy atom. The van der Waals surface area contributed by atoms with Crippen LogP contribution in [0.4, 0.5) is 0 Å². The molecule has 0 radical (unpaired) electrons. The summed E-state index contributed by atoms with van der Waals surface area (Å²) in [5.41, 5.74) is 0. The van der Waals surface area contributed by atoms with Gasteiger partial charge in [-0.15, -0.1) is 0 Å². The first-order valence-corrected chi connectivity index (χ1v) is 10.8. The van der Waals surface area contributed by atoms with Gasteiger partial charge in [-0.2, -0.15) is 0 Å². The van der Waals surface area contributed by atoms with Gasteiger partial charge in [0.15, 0.2) is 0 Å². The first-order chi connectivity index (χ1) is 9.41. The van der Waals surface area contributed by atoms with Gasteiger partial charge in [0, 0.05) is 10.4 Å². The second-order valence-corrected chi connectivity index (χ2v) is 7.11. The van der Waals surface area contributed by atoms with Crippen LogP contribution in [0.1, 0.15) is 84.0 Å². The molecular formula is C14H29Na3O4S. The number of unbranched alkanes of at least 4 members (excludes halogenated alkanes) is 11. The fourth-order valence-corrected chi connectivity index (χ4v) is 2.59. The third-order valence-corrected chi connectivity index (χ3v) is 3.91. The molecule has 0 aromatic carbocycles. The smallest absolute Gasteiger partial charge is 0.759 e. The van der Waals surface area contributed by atoms with E-state index in [1.165, 1.54) is 109 Å². The van der Waals surface area contributed by atoms with Crippen molar-refractivity contribution in [1.29, 1.82) is 0 Å². The van der Waals surface area contributed by atoms with Gasteiger partial charge in [0.25, 0.3) is 0 Å². The monoisotopic (exact) mass is 362 g/mol. The zero-order valence-electron chi connectivity index (χ0n) is 15.2. The number of rotatable bonds is 12. The summed E-state index contributed by atoms with van der Waals surface area (Å²) in [6, 6.07) is 0. The van der Waals surface area contributed by atoms with Crippen molar-refractivity contribution in [2.45, 2.75) is 87.6 Å². The summed E-state index contributed by atoms with van der Waals surface area (Å²) in [6.07, 6.45) is 17.7. The maximum absolute atomic E-state index is 8.52. The van der Waals surface area contributed by atoms with Crippen LogP contribution in [0.5, 0.6) is 0 Å². The van der Waals surface area contributed by atoms with Crippen molar-refractivity contribution >= 4 is 38.3 Å². The van der Waals surface area contributed by atoms with Gasteiger partial charge in [0.1, 0.15) is 0 Å². The van der Waals surface area contributed by atoms with Crippen LogP contribution >= 0.6 is 0 Å². The molecule has 4 nitrogen and oxygen atoms in total. The Kier molecular flexibility index (Phi) is 38.6. The van der Waals surface area contributed by atoms with E-state index in [4.69, 9.17) is 17.5 Å². The minimum Gasteiger partial charge on any atom is -0.759 e. The third-order valence-electron chi connectivity index (χ3n) is 3.21. The normalized spacial score (nSPS) is 10.0.